The van der Waals surface area contributed by atoms with Crippen LogP contribution in [0.4, 0.5) is 16.2 Å². The van der Waals surface area contributed by atoms with Crippen molar-refractivity contribution in [1.82, 2.24) is 4.90 Å². The summed E-state index contributed by atoms with van der Waals surface area (Å²) < 4.78 is 10.9. The fourth-order valence-electron chi connectivity index (χ4n) is 3.86. The molecule has 3 aromatic carbocycles. The Morgan fingerprint density at radius 1 is 0.930 bits per heavy atom. The number of nitrogens with zero attached hydrogens (tertiary/aromatic N) is 1. The van der Waals surface area contributed by atoms with E-state index in [-0.39, 0.29) is 40.3 Å². The third-order valence-corrected chi connectivity index (χ3v) is 7.24. The Morgan fingerprint density at radius 2 is 1.65 bits per heavy atom. The Labute approximate surface area is 257 Å². The second-order valence-electron chi connectivity index (χ2n) is 9.24. The van der Waals surface area contributed by atoms with Gasteiger partial charge in [-0.25, -0.2) is 4.79 Å². The van der Waals surface area contributed by atoms with E-state index in [1.54, 1.807) is 48.5 Å². The zero-order chi connectivity index (χ0) is 30.8. The van der Waals surface area contributed by atoms with Crippen molar-refractivity contribution in [3.63, 3.8) is 0 Å². The summed E-state index contributed by atoms with van der Waals surface area (Å²) >= 11 is 6.81. The molecule has 0 unspecified atom stereocenters. The summed E-state index contributed by atoms with van der Waals surface area (Å²) in [7, 11) is 0. The molecule has 43 heavy (non-hydrogen) atoms. The van der Waals surface area contributed by atoms with Crippen molar-refractivity contribution in [3.05, 3.63) is 93.9 Å². The minimum atomic E-state index is -0.655. The lowest BCUT2D eigenvalue weighted by atomic mass is 10.2. The van der Waals surface area contributed by atoms with Gasteiger partial charge in [-0.2, -0.15) is 0 Å². The lowest BCUT2D eigenvalue weighted by molar-refractivity contribution is -0.127. The van der Waals surface area contributed by atoms with Gasteiger partial charge in [-0.15, -0.1) is 0 Å². The molecule has 1 heterocycles. The molecule has 2 N–H and O–H groups in total. The van der Waals surface area contributed by atoms with E-state index in [9.17, 15) is 24.0 Å². The van der Waals surface area contributed by atoms with Crippen LogP contribution in [-0.2, 0) is 19.1 Å². The number of nitrogens with one attached hydrogen (secondary N) is 2. The molecule has 12 heteroatoms. The van der Waals surface area contributed by atoms with E-state index in [2.05, 4.69) is 10.6 Å². The van der Waals surface area contributed by atoms with Gasteiger partial charge < -0.3 is 20.1 Å². The van der Waals surface area contributed by atoms with Gasteiger partial charge in [0.2, 0.25) is 5.91 Å². The molecule has 10 nitrogen and oxygen atoms in total. The third-order valence-electron chi connectivity index (χ3n) is 6.00. The van der Waals surface area contributed by atoms with Crippen LogP contribution in [0.5, 0.6) is 5.75 Å². The first-order valence-electron chi connectivity index (χ1n) is 13.3. The molecule has 3 aromatic rings. The van der Waals surface area contributed by atoms with Crippen molar-refractivity contribution in [2.24, 2.45) is 0 Å². The van der Waals surface area contributed by atoms with Gasteiger partial charge in [0.15, 0.2) is 6.61 Å². The number of carbonyl (C=O) groups is 5. The fraction of sp³-hybridized carbons (Fsp3) is 0.194. The minimum absolute atomic E-state index is 0.0862. The van der Waals surface area contributed by atoms with E-state index >= 15 is 0 Å². The number of ether oxygens (including phenoxy) is 2. The molecule has 0 spiro atoms. The molecule has 0 aromatic heterocycles. The number of anilines is 2. The molecule has 4 amide bonds. The SMILES string of the molecule is CCCCOC(=O)c1cc(NC(=O)CN2C(=O)S/C(=C/c3ccccc3OCC(=O)Nc3ccccc3)C2=O)ccc1Cl. The number of rotatable bonds is 12. The van der Waals surface area contributed by atoms with Crippen LogP contribution in [0.25, 0.3) is 6.08 Å². The van der Waals surface area contributed by atoms with Crippen LogP contribution in [0.15, 0.2) is 77.7 Å². The zero-order valence-electron chi connectivity index (χ0n) is 23.1. The van der Waals surface area contributed by atoms with E-state index < -0.39 is 29.6 Å². The maximum atomic E-state index is 13.1. The van der Waals surface area contributed by atoms with Crippen LogP contribution in [0, 0.1) is 0 Å². The van der Waals surface area contributed by atoms with E-state index in [1.165, 1.54) is 24.3 Å². The van der Waals surface area contributed by atoms with Crippen molar-refractivity contribution in [1.29, 1.82) is 0 Å². The number of esters is 1. The standard InChI is InChI=1S/C31H28ClN3O7S/c1-2-3-15-41-30(39)23-17-22(13-14-24(23)32)34-27(36)18-35-29(38)26(43-31(35)40)16-20-9-7-8-12-25(20)42-19-28(37)33-21-10-5-4-6-11-21/h4-14,16-17H,2-3,15,18-19H2,1H3,(H,33,37)(H,34,36)/b26-16+. The van der Waals surface area contributed by atoms with Crippen molar-refractivity contribution < 1.29 is 33.4 Å². The van der Waals surface area contributed by atoms with Gasteiger partial charge in [-0.1, -0.05) is 61.3 Å². The highest BCUT2D eigenvalue weighted by Gasteiger charge is 2.36. The number of hydrogen-bond acceptors (Lipinski definition) is 8. The molecule has 4 rings (SSSR count). The quantitative estimate of drug-likeness (QED) is 0.143. The van der Waals surface area contributed by atoms with Crippen LogP contribution in [-0.4, -0.2) is 53.6 Å². The molecule has 0 atom stereocenters. The second kappa shape index (κ2) is 15.0. The predicted molar refractivity (Wildman–Crippen MR) is 165 cm³/mol. The Kier molecular flexibility index (Phi) is 11.0. The van der Waals surface area contributed by atoms with Gasteiger partial charge in [0.25, 0.3) is 17.1 Å². The number of benzene rings is 3. The number of para-hydroxylation sites is 2. The lowest BCUT2D eigenvalue weighted by Gasteiger charge is -2.13. The average Bonchev–Trinajstić information content (AvgIpc) is 3.25. The lowest BCUT2D eigenvalue weighted by Crippen LogP contribution is -2.36. The first-order valence-corrected chi connectivity index (χ1v) is 14.5. The van der Waals surface area contributed by atoms with Crippen LogP contribution in [0.1, 0.15) is 35.7 Å². The summed E-state index contributed by atoms with van der Waals surface area (Å²) in [6, 6.07) is 20.0. The minimum Gasteiger partial charge on any atom is -0.483 e. The Hall–Kier alpha value is -4.61. The average molecular weight is 622 g/mol. The maximum Gasteiger partial charge on any atom is 0.339 e. The van der Waals surface area contributed by atoms with Crippen LogP contribution >= 0.6 is 23.4 Å². The van der Waals surface area contributed by atoms with Crippen molar-refractivity contribution in [3.8, 4) is 5.75 Å². The molecule has 0 aliphatic carbocycles. The fourth-order valence-corrected chi connectivity index (χ4v) is 4.89. The molecule has 1 aliphatic heterocycles. The number of imide groups is 1. The van der Waals surface area contributed by atoms with Crippen molar-refractivity contribution in [2.75, 3.05) is 30.4 Å². The molecule has 1 fully saturated rings. The molecule has 0 saturated carbocycles. The molecule has 222 valence electrons. The summed E-state index contributed by atoms with van der Waals surface area (Å²) in [4.78, 5) is 64.0. The van der Waals surface area contributed by atoms with Crippen LogP contribution < -0.4 is 15.4 Å². The van der Waals surface area contributed by atoms with E-state index in [1.807, 2.05) is 13.0 Å². The maximum absolute atomic E-state index is 13.1. The highest BCUT2D eigenvalue weighted by atomic mass is 35.5. The topological polar surface area (TPSA) is 131 Å². The normalized spacial score (nSPS) is 13.6. The predicted octanol–water partition coefficient (Wildman–Crippen LogP) is 5.99. The van der Waals surface area contributed by atoms with Crippen molar-refractivity contribution in [2.45, 2.75) is 19.8 Å². The Bertz CT molecular complexity index is 1560. The third kappa shape index (κ3) is 8.69. The molecular formula is C31H28ClN3O7S. The van der Waals surface area contributed by atoms with Crippen LogP contribution in [0.2, 0.25) is 5.02 Å². The first kappa shape index (κ1) is 31.3. The number of carbonyl (C=O) groups excluding carboxylic acids is 5. The number of unbranched alkanes of at least 4 members (excludes halogenated alkanes) is 1. The molecule has 1 saturated heterocycles. The van der Waals surface area contributed by atoms with Crippen LogP contribution in [0.3, 0.4) is 0 Å². The monoisotopic (exact) mass is 621 g/mol. The molecule has 0 radical (unpaired) electrons. The largest absolute Gasteiger partial charge is 0.483 e. The Morgan fingerprint density at radius 3 is 2.42 bits per heavy atom. The summed E-state index contributed by atoms with van der Waals surface area (Å²) in [5.74, 6) is -1.95. The van der Waals surface area contributed by atoms with Gasteiger partial charge in [0.05, 0.1) is 22.1 Å². The summed E-state index contributed by atoms with van der Waals surface area (Å²) in [6.07, 6.45) is 3.04. The first-order chi connectivity index (χ1) is 20.7. The van der Waals surface area contributed by atoms with Gasteiger partial charge in [0, 0.05) is 16.9 Å². The van der Waals surface area contributed by atoms with Gasteiger partial charge in [-0.05, 0) is 60.7 Å². The van der Waals surface area contributed by atoms with E-state index in [0.717, 1.165) is 11.3 Å². The number of hydrogen-bond donors (Lipinski definition) is 2. The van der Waals surface area contributed by atoms with E-state index in [0.29, 0.717) is 35.2 Å². The Balaban J connectivity index is 1.38. The van der Waals surface area contributed by atoms with E-state index in [4.69, 9.17) is 21.1 Å². The molecular weight excluding hydrogens is 594 g/mol. The second-order valence-corrected chi connectivity index (χ2v) is 10.6. The number of thioether (sulfide) groups is 1. The van der Waals surface area contributed by atoms with Gasteiger partial charge in [-0.3, -0.25) is 24.1 Å². The molecule has 0 bridgehead atoms. The highest BCUT2D eigenvalue weighted by molar-refractivity contribution is 8.18. The van der Waals surface area contributed by atoms with Gasteiger partial charge >= 0.3 is 5.97 Å². The highest BCUT2D eigenvalue weighted by Crippen LogP contribution is 2.34. The molecule has 1 aliphatic rings. The summed E-state index contributed by atoms with van der Waals surface area (Å²) in [5.41, 5.74) is 1.44. The van der Waals surface area contributed by atoms with Gasteiger partial charge in [0.1, 0.15) is 12.3 Å². The number of amides is 4. The summed E-state index contributed by atoms with van der Waals surface area (Å²) in [6.45, 7) is 1.39. The zero-order valence-corrected chi connectivity index (χ0v) is 24.7. The summed E-state index contributed by atoms with van der Waals surface area (Å²) in [5, 5.41) is 4.85. The van der Waals surface area contributed by atoms with Crippen molar-refractivity contribution >= 4 is 69.7 Å². The smallest absolute Gasteiger partial charge is 0.339 e. The number of halogens is 1.